The van der Waals surface area contributed by atoms with Gasteiger partial charge in [0.2, 0.25) is 0 Å². The highest BCUT2D eigenvalue weighted by atomic mass is 16.5. The normalized spacial score (nSPS) is 24.6. The minimum absolute atomic E-state index is 0.0626. The molecule has 94 valence electrons. The third kappa shape index (κ3) is 3.45. The Kier molecular flexibility index (Phi) is 4.40. The van der Waals surface area contributed by atoms with Crippen LogP contribution in [0.25, 0.3) is 0 Å². The number of hydrogen-bond donors (Lipinski definition) is 2. The fraction of sp³-hybridized carbons (Fsp3) is 0.571. The van der Waals surface area contributed by atoms with Crippen molar-refractivity contribution in [1.29, 1.82) is 0 Å². The molecule has 0 aromatic heterocycles. The molecule has 2 atom stereocenters. The van der Waals surface area contributed by atoms with Crippen molar-refractivity contribution in [2.45, 2.75) is 44.3 Å². The maximum Gasteiger partial charge on any atom is 0.124 e. The van der Waals surface area contributed by atoms with E-state index in [1.54, 1.807) is 0 Å². The van der Waals surface area contributed by atoms with Crippen molar-refractivity contribution in [3.05, 3.63) is 29.8 Å². The van der Waals surface area contributed by atoms with Gasteiger partial charge in [-0.05, 0) is 43.4 Å². The summed E-state index contributed by atoms with van der Waals surface area (Å²) in [6.07, 6.45) is 4.27. The van der Waals surface area contributed by atoms with E-state index in [0.29, 0.717) is 6.42 Å². The first-order chi connectivity index (χ1) is 8.29. The largest absolute Gasteiger partial charge is 0.488 e. The Bertz CT molecular complexity index is 334. The van der Waals surface area contributed by atoms with E-state index in [1.165, 1.54) is 0 Å². The van der Waals surface area contributed by atoms with Crippen LogP contribution in [0.4, 0.5) is 0 Å². The standard InChI is InChI=1S/C14H20O3/c15-10-9-11-5-7-12(8-6-11)17-14-4-2-1-3-13(14)16/h5-8,13-16H,1-4,9-10H2/t13-,14-/m0/s1. The van der Waals surface area contributed by atoms with E-state index in [2.05, 4.69) is 0 Å². The van der Waals surface area contributed by atoms with Gasteiger partial charge in [0.25, 0.3) is 0 Å². The van der Waals surface area contributed by atoms with Crippen LogP contribution >= 0.6 is 0 Å². The summed E-state index contributed by atoms with van der Waals surface area (Å²) in [4.78, 5) is 0. The Hall–Kier alpha value is -1.06. The van der Waals surface area contributed by atoms with Crippen LogP contribution < -0.4 is 4.74 Å². The zero-order valence-electron chi connectivity index (χ0n) is 10.0. The lowest BCUT2D eigenvalue weighted by Crippen LogP contribution is -2.34. The molecule has 3 heteroatoms. The maximum absolute atomic E-state index is 9.81. The molecule has 0 saturated heterocycles. The van der Waals surface area contributed by atoms with Gasteiger partial charge in [-0.1, -0.05) is 18.6 Å². The molecule has 1 aromatic rings. The highest BCUT2D eigenvalue weighted by Gasteiger charge is 2.24. The minimum Gasteiger partial charge on any atom is -0.488 e. The molecule has 1 saturated carbocycles. The zero-order chi connectivity index (χ0) is 12.1. The quantitative estimate of drug-likeness (QED) is 0.839. The first kappa shape index (κ1) is 12.4. The maximum atomic E-state index is 9.81. The summed E-state index contributed by atoms with van der Waals surface area (Å²) < 4.78 is 5.79. The Labute approximate surface area is 102 Å². The summed E-state index contributed by atoms with van der Waals surface area (Å²) in [5.41, 5.74) is 1.10. The predicted octanol–water partition coefficient (Wildman–Crippen LogP) is 1.90. The van der Waals surface area contributed by atoms with Crippen LogP contribution in [0.2, 0.25) is 0 Å². The van der Waals surface area contributed by atoms with Gasteiger partial charge in [0, 0.05) is 6.61 Å². The monoisotopic (exact) mass is 236 g/mol. The minimum atomic E-state index is -0.333. The van der Waals surface area contributed by atoms with Crippen LogP contribution in [-0.2, 0) is 6.42 Å². The molecule has 2 N–H and O–H groups in total. The summed E-state index contributed by atoms with van der Waals surface area (Å²) >= 11 is 0. The van der Waals surface area contributed by atoms with Crippen molar-refractivity contribution in [2.24, 2.45) is 0 Å². The second kappa shape index (κ2) is 6.03. The molecule has 1 aliphatic rings. The lowest BCUT2D eigenvalue weighted by molar-refractivity contribution is 0.00687. The van der Waals surface area contributed by atoms with Gasteiger partial charge >= 0.3 is 0 Å². The van der Waals surface area contributed by atoms with Crippen LogP contribution in [0.5, 0.6) is 5.75 Å². The summed E-state index contributed by atoms with van der Waals surface area (Å²) in [6, 6.07) is 7.74. The molecule has 1 fully saturated rings. The molecule has 0 unspecified atom stereocenters. The average molecular weight is 236 g/mol. The smallest absolute Gasteiger partial charge is 0.124 e. The van der Waals surface area contributed by atoms with Crippen molar-refractivity contribution in [2.75, 3.05) is 6.61 Å². The second-order valence-electron chi connectivity index (χ2n) is 4.63. The molecule has 0 aliphatic heterocycles. The van der Waals surface area contributed by atoms with Crippen molar-refractivity contribution in [3.8, 4) is 5.75 Å². The van der Waals surface area contributed by atoms with Gasteiger partial charge in [0.05, 0.1) is 6.10 Å². The topological polar surface area (TPSA) is 49.7 Å². The molecule has 17 heavy (non-hydrogen) atoms. The Balaban J connectivity index is 1.93. The SMILES string of the molecule is OCCc1ccc(O[C@H]2CCCC[C@@H]2O)cc1. The van der Waals surface area contributed by atoms with E-state index in [0.717, 1.165) is 37.0 Å². The molecule has 1 aliphatic carbocycles. The van der Waals surface area contributed by atoms with E-state index in [4.69, 9.17) is 9.84 Å². The molecule has 0 spiro atoms. The van der Waals surface area contributed by atoms with E-state index in [1.807, 2.05) is 24.3 Å². The van der Waals surface area contributed by atoms with Gasteiger partial charge < -0.3 is 14.9 Å². The van der Waals surface area contributed by atoms with Crippen LogP contribution in [0.1, 0.15) is 31.2 Å². The molecule has 2 rings (SSSR count). The number of rotatable bonds is 4. The molecule has 0 amide bonds. The molecule has 3 nitrogen and oxygen atoms in total. The van der Waals surface area contributed by atoms with Crippen LogP contribution in [-0.4, -0.2) is 29.0 Å². The molecular formula is C14H20O3. The van der Waals surface area contributed by atoms with E-state index in [-0.39, 0.29) is 18.8 Å². The lowest BCUT2D eigenvalue weighted by Gasteiger charge is -2.28. The third-order valence-corrected chi connectivity index (χ3v) is 3.28. The zero-order valence-corrected chi connectivity index (χ0v) is 10.0. The molecule has 0 radical (unpaired) electrons. The van der Waals surface area contributed by atoms with Gasteiger partial charge in [0.1, 0.15) is 11.9 Å². The molecular weight excluding hydrogens is 216 g/mol. The number of aliphatic hydroxyl groups excluding tert-OH is 2. The number of benzene rings is 1. The Morgan fingerprint density at radius 1 is 1.12 bits per heavy atom. The summed E-state index contributed by atoms with van der Waals surface area (Å²) in [5, 5.41) is 18.6. The predicted molar refractivity (Wildman–Crippen MR) is 66.1 cm³/mol. The van der Waals surface area contributed by atoms with Crippen molar-refractivity contribution < 1.29 is 14.9 Å². The van der Waals surface area contributed by atoms with Gasteiger partial charge in [-0.2, -0.15) is 0 Å². The lowest BCUT2D eigenvalue weighted by atomic mass is 9.95. The van der Waals surface area contributed by atoms with Gasteiger partial charge in [-0.25, -0.2) is 0 Å². The highest BCUT2D eigenvalue weighted by Crippen LogP contribution is 2.24. The highest BCUT2D eigenvalue weighted by molar-refractivity contribution is 5.27. The van der Waals surface area contributed by atoms with E-state index in [9.17, 15) is 5.11 Å². The van der Waals surface area contributed by atoms with Crippen molar-refractivity contribution >= 4 is 0 Å². The first-order valence-corrected chi connectivity index (χ1v) is 6.34. The van der Waals surface area contributed by atoms with Crippen LogP contribution in [0, 0.1) is 0 Å². The Morgan fingerprint density at radius 2 is 1.82 bits per heavy atom. The number of hydrogen-bond acceptors (Lipinski definition) is 3. The fourth-order valence-corrected chi connectivity index (χ4v) is 2.25. The average Bonchev–Trinajstić information content (AvgIpc) is 2.35. The van der Waals surface area contributed by atoms with Gasteiger partial charge in [-0.15, -0.1) is 0 Å². The Morgan fingerprint density at radius 3 is 2.47 bits per heavy atom. The summed E-state index contributed by atoms with van der Waals surface area (Å²) in [6.45, 7) is 0.168. The second-order valence-corrected chi connectivity index (χ2v) is 4.63. The first-order valence-electron chi connectivity index (χ1n) is 6.34. The summed E-state index contributed by atoms with van der Waals surface area (Å²) in [5.74, 6) is 0.803. The third-order valence-electron chi connectivity index (χ3n) is 3.28. The van der Waals surface area contributed by atoms with Crippen molar-refractivity contribution in [1.82, 2.24) is 0 Å². The van der Waals surface area contributed by atoms with Gasteiger partial charge in [-0.3, -0.25) is 0 Å². The summed E-state index contributed by atoms with van der Waals surface area (Å²) in [7, 11) is 0. The van der Waals surface area contributed by atoms with Gasteiger partial charge in [0.15, 0.2) is 0 Å². The number of ether oxygens (including phenoxy) is 1. The number of aliphatic hydroxyl groups is 2. The van der Waals surface area contributed by atoms with Crippen molar-refractivity contribution in [3.63, 3.8) is 0 Å². The molecule has 0 heterocycles. The molecule has 0 bridgehead atoms. The van der Waals surface area contributed by atoms with Crippen LogP contribution in [0.15, 0.2) is 24.3 Å². The fourth-order valence-electron chi connectivity index (χ4n) is 2.25. The van der Waals surface area contributed by atoms with E-state index < -0.39 is 0 Å². The van der Waals surface area contributed by atoms with Crippen LogP contribution in [0.3, 0.4) is 0 Å². The molecule has 1 aromatic carbocycles. The van der Waals surface area contributed by atoms with E-state index >= 15 is 0 Å².